The molecule has 0 aromatic rings. The number of morpholine rings is 1. The van der Waals surface area contributed by atoms with Crippen LogP contribution < -0.4 is 5.32 Å². The Morgan fingerprint density at radius 1 is 1.60 bits per heavy atom. The van der Waals surface area contributed by atoms with Crippen LogP contribution in [0, 0.1) is 0 Å². The van der Waals surface area contributed by atoms with E-state index in [1.54, 1.807) is 0 Å². The molecule has 1 rings (SSSR count). The number of hydrogen-bond donors (Lipinski definition) is 1. The molecule has 4 heteroatoms. The molecule has 2 nitrogen and oxygen atoms in total. The predicted molar refractivity (Wildman–Crippen MR) is 40.4 cm³/mol. The average Bonchev–Trinajstić information content (AvgIpc) is 1.91. The van der Waals surface area contributed by atoms with Gasteiger partial charge in [-0.2, -0.15) is 0 Å². The molecule has 62 valence electrons. The van der Waals surface area contributed by atoms with Gasteiger partial charge in [0, 0.05) is 19.5 Å². The van der Waals surface area contributed by atoms with Gasteiger partial charge in [0.2, 0.25) is 0 Å². The lowest BCUT2D eigenvalue weighted by Crippen LogP contribution is -2.38. The number of hydrogen-bond acceptors (Lipinski definition) is 2. The Morgan fingerprint density at radius 3 is 2.90 bits per heavy atom. The number of rotatable bonds is 2. The Bertz CT molecular complexity index is 75.4. The van der Waals surface area contributed by atoms with Crippen LogP contribution in [0.5, 0.6) is 0 Å². The van der Waals surface area contributed by atoms with E-state index in [2.05, 4.69) is 5.32 Å². The summed E-state index contributed by atoms with van der Waals surface area (Å²) in [5, 5.41) is 3.13. The fourth-order valence-electron chi connectivity index (χ4n) is 0.927. The standard InChI is InChI=1S/C6H12FNO.ClH/c7-2-1-6-5-8-3-4-9-6;/h6,8H,1-5H2;1H. The van der Waals surface area contributed by atoms with Crippen LogP contribution in [0.1, 0.15) is 6.42 Å². The summed E-state index contributed by atoms with van der Waals surface area (Å²) in [7, 11) is 0. The highest BCUT2D eigenvalue weighted by Gasteiger charge is 2.11. The quantitative estimate of drug-likeness (QED) is 0.659. The monoisotopic (exact) mass is 169 g/mol. The van der Waals surface area contributed by atoms with Crippen molar-refractivity contribution in [1.82, 2.24) is 5.32 Å². The Morgan fingerprint density at radius 2 is 2.40 bits per heavy atom. The van der Waals surface area contributed by atoms with E-state index in [9.17, 15) is 4.39 Å². The SMILES string of the molecule is Cl.FCCC1CNCCO1. The van der Waals surface area contributed by atoms with Gasteiger partial charge in [-0.1, -0.05) is 0 Å². The largest absolute Gasteiger partial charge is 0.375 e. The molecule has 0 saturated carbocycles. The fraction of sp³-hybridized carbons (Fsp3) is 1.00. The lowest BCUT2D eigenvalue weighted by Gasteiger charge is -2.22. The van der Waals surface area contributed by atoms with Gasteiger partial charge in [-0.15, -0.1) is 12.4 Å². The minimum atomic E-state index is -0.271. The molecule has 0 spiro atoms. The second kappa shape index (κ2) is 5.89. The molecule has 0 bridgehead atoms. The topological polar surface area (TPSA) is 21.3 Å². The number of ether oxygens (including phenoxy) is 1. The van der Waals surface area contributed by atoms with Crippen molar-refractivity contribution in [2.45, 2.75) is 12.5 Å². The zero-order valence-corrected chi connectivity index (χ0v) is 6.62. The summed E-state index contributed by atoms with van der Waals surface area (Å²) in [4.78, 5) is 0. The molecule has 1 N–H and O–H groups in total. The van der Waals surface area contributed by atoms with Crippen molar-refractivity contribution >= 4 is 12.4 Å². The van der Waals surface area contributed by atoms with Crippen LogP contribution in [-0.4, -0.2) is 32.5 Å². The van der Waals surface area contributed by atoms with E-state index in [4.69, 9.17) is 4.74 Å². The highest BCUT2D eigenvalue weighted by molar-refractivity contribution is 5.85. The van der Waals surface area contributed by atoms with E-state index in [0.29, 0.717) is 6.42 Å². The van der Waals surface area contributed by atoms with Crippen molar-refractivity contribution in [2.75, 3.05) is 26.4 Å². The molecule has 0 aromatic carbocycles. The van der Waals surface area contributed by atoms with Crippen molar-refractivity contribution in [3.63, 3.8) is 0 Å². The summed E-state index contributed by atoms with van der Waals surface area (Å²) in [5.41, 5.74) is 0. The summed E-state index contributed by atoms with van der Waals surface area (Å²) in [6, 6.07) is 0. The van der Waals surface area contributed by atoms with E-state index in [0.717, 1.165) is 19.7 Å². The minimum Gasteiger partial charge on any atom is -0.375 e. The summed E-state index contributed by atoms with van der Waals surface area (Å²) < 4.78 is 16.9. The van der Waals surface area contributed by atoms with E-state index < -0.39 is 0 Å². The smallest absolute Gasteiger partial charge is 0.0919 e. The summed E-state index contributed by atoms with van der Waals surface area (Å²) in [6.45, 7) is 2.17. The molecule has 0 amide bonds. The molecular weight excluding hydrogens is 157 g/mol. The molecule has 1 fully saturated rings. The third-order valence-electron chi connectivity index (χ3n) is 1.44. The second-order valence-electron chi connectivity index (χ2n) is 2.17. The van der Waals surface area contributed by atoms with Gasteiger partial charge in [0.25, 0.3) is 0 Å². The zero-order valence-electron chi connectivity index (χ0n) is 5.81. The molecule has 1 aliphatic heterocycles. The van der Waals surface area contributed by atoms with Crippen LogP contribution in [0.2, 0.25) is 0 Å². The van der Waals surface area contributed by atoms with E-state index in [1.165, 1.54) is 0 Å². The van der Waals surface area contributed by atoms with Gasteiger partial charge in [-0.3, -0.25) is 4.39 Å². The maximum atomic E-state index is 11.7. The van der Waals surface area contributed by atoms with Crippen molar-refractivity contribution in [2.24, 2.45) is 0 Å². The maximum absolute atomic E-state index is 11.7. The van der Waals surface area contributed by atoms with Crippen molar-refractivity contribution < 1.29 is 9.13 Å². The maximum Gasteiger partial charge on any atom is 0.0919 e. The Labute approximate surface area is 66.5 Å². The van der Waals surface area contributed by atoms with Gasteiger partial charge in [0.05, 0.1) is 19.4 Å². The summed E-state index contributed by atoms with van der Waals surface area (Å²) >= 11 is 0. The van der Waals surface area contributed by atoms with Crippen LogP contribution in [0.3, 0.4) is 0 Å². The molecule has 1 atom stereocenters. The highest BCUT2D eigenvalue weighted by atomic mass is 35.5. The number of alkyl halides is 1. The van der Waals surface area contributed by atoms with Crippen molar-refractivity contribution in [3.05, 3.63) is 0 Å². The number of nitrogens with one attached hydrogen (secondary N) is 1. The van der Waals surface area contributed by atoms with Crippen LogP contribution in [0.25, 0.3) is 0 Å². The lowest BCUT2D eigenvalue weighted by atomic mass is 10.2. The van der Waals surface area contributed by atoms with Gasteiger partial charge >= 0.3 is 0 Å². The van der Waals surface area contributed by atoms with Gasteiger partial charge < -0.3 is 10.1 Å². The third-order valence-corrected chi connectivity index (χ3v) is 1.44. The van der Waals surface area contributed by atoms with Gasteiger partial charge in [-0.25, -0.2) is 0 Å². The molecule has 1 aliphatic rings. The van der Waals surface area contributed by atoms with Gasteiger partial charge in [0.15, 0.2) is 0 Å². The summed E-state index contributed by atoms with van der Waals surface area (Å²) in [6.07, 6.45) is 0.649. The Hall–Kier alpha value is 0.140. The molecule has 1 saturated heterocycles. The first-order chi connectivity index (χ1) is 4.43. The lowest BCUT2D eigenvalue weighted by molar-refractivity contribution is 0.0199. The normalized spacial score (nSPS) is 25.5. The zero-order chi connectivity index (χ0) is 6.53. The van der Waals surface area contributed by atoms with Gasteiger partial charge in [-0.05, 0) is 0 Å². The molecule has 1 unspecified atom stereocenters. The molecule has 10 heavy (non-hydrogen) atoms. The van der Waals surface area contributed by atoms with E-state index in [-0.39, 0.29) is 25.2 Å². The molecule has 0 aliphatic carbocycles. The summed E-state index contributed by atoms with van der Waals surface area (Å²) in [5.74, 6) is 0. The van der Waals surface area contributed by atoms with Crippen molar-refractivity contribution in [1.29, 1.82) is 0 Å². The first kappa shape index (κ1) is 10.1. The molecular formula is C6H13ClFNO. The minimum absolute atomic E-state index is 0. The molecule has 1 heterocycles. The van der Waals surface area contributed by atoms with Crippen LogP contribution >= 0.6 is 12.4 Å². The van der Waals surface area contributed by atoms with Crippen molar-refractivity contribution in [3.8, 4) is 0 Å². The second-order valence-corrected chi connectivity index (χ2v) is 2.17. The van der Waals surface area contributed by atoms with Gasteiger partial charge in [0.1, 0.15) is 0 Å². The number of halogens is 2. The van der Waals surface area contributed by atoms with E-state index >= 15 is 0 Å². The highest BCUT2D eigenvalue weighted by Crippen LogP contribution is 2.00. The predicted octanol–water partition coefficient (Wildman–Crippen LogP) is 0.756. The fourth-order valence-corrected chi connectivity index (χ4v) is 0.927. The van der Waals surface area contributed by atoms with Crippen LogP contribution in [0.4, 0.5) is 4.39 Å². The molecule has 0 aromatic heterocycles. The van der Waals surface area contributed by atoms with Crippen LogP contribution in [0.15, 0.2) is 0 Å². The Balaban J connectivity index is 0.000000810. The third kappa shape index (κ3) is 3.34. The molecule has 0 radical (unpaired) electrons. The first-order valence-corrected chi connectivity index (χ1v) is 3.32. The average molecular weight is 170 g/mol. The first-order valence-electron chi connectivity index (χ1n) is 3.32. The van der Waals surface area contributed by atoms with E-state index in [1.807, 2.05) is 0 Å². The Kier molecular flexibility index (Phi) is 5.97. The van der Waals surface area contributed by atoms with Crippen LogP contribution in [-0.2, 0) is 4.74 Å².